The highest BCUT2D eigenvalue weighted by atomic mass is 16.5. The van der Waals surface area contributed by atoms with Gasteiger partial charge in [-0.1, -0.05) is 60.7 Å². The average Bonchev–Trinajstić information content (AvgIpc) is 2.78. The first-order valence-electron chi connectivity index (χ1n) is 10.1. The number of ether oxygens (including phenoxy) is 1. The van der Waals surface area contributed by atoms with Gasteiger partial charge in [0.25, 0.3) is 5.56 Å². The van der Waals surface area contributed by atoms with Crippen LogP contribution in [0.5, 0.6) is 5.75 Å². The van der Waals surface area contributed by atoms with E-state index in [2.05, 4.69) is 4.90 Å². The number of benzene rings is 3. The lowest BCUT2D eigenvalue weighted by Gasteiger charge is -2.19. The number of nitrogens with zero attached hydrogens (tertiary/aromatic N) is 3. The third kappa shape index (κ3) is 4.26. The van der Waals surface area contributed by atoms with Crippen LogP contribution in [0.4, 0.5) is 0 Å². The molecule has 4 rings (SSSR count). The van der Waals surface area contributed by atoms with Gasteiger partial charge in [0.2, 0.25) is 0 Å². The predicted octanol–water partition coefficient (Wildman–Crippen LogP) is 4.55. The van der Waals surface area contributed by atoms with E-state index >= 15 is 0 Å². The Morgan fingerprint density at radius 3 is 2.27 bits per heavy atom. The van der Waals surface area contributed by atoms with Gasteiger partial charge in [-0.05, 0) is 37.7 Å². The molecule has 0 amide bonds. The average molecular weight is 399 g/mol. The fourth-order valence-corrected chi connectivity index (χ4v) is 3.59. The minimum absolute atomic E-state index is 0.0798. The van der Waals surface area contributed by atoms with Crippen molar-refractivity contribution >= 4 is 10.8 Å². The third-order valence-corrected chi connectivity index (χ3v) is 4.98. The Morgan fingerprint density at radius 2 is 1.57 bits per heavy atom. The van der Waals surface area contributed by atoms with Crippen LogP contribution < -0.4 is 10.3 Å². The van der Waals surface area contributed by atoms with Gasteiger partial charge in [0.15, 0.2) is 0 Å². The molecule has 152 valence electrons. The SMILES string of the molecule is CCOc1ccc(CN(C)Cn2nc(-c3ccccc3)c3ccccc3c2=O)cc1. The van der Waals surface area contributed by atoms with Crippen LogP contribution in [0.1, 0.15) is 12.5 Å². The van der Waals surface area contributed by atoms with E-state index in [4.69, 9.17) is 9.84 Å². The number of rotatable bonds is 7. The Morgan fingerprint density at radius 1 is 0.900 bits per heavy atom. The van der Waals surface area contributed by atoms with Crippen molar-refractivity contribution in [3.8, 4) is 17.0 Å². The molecule has 0 fully saturated rings. The fraction of sp³-hybridized carbons (Fsp3) is 0.200. The highest BCUT2D eigenvalue weighted by Gasteiger charge is 2.13. The molecular weight excluding hydrogens is 374 g/mol. The normalized spacial score (nSPS) is 11.2. The summed E-state index contributed by atoms with van der Waals surface area (Å²) in [6, 6.07) is 25.7. The van der Waals surface area contributed by atoms with Crippen LogP contribution in [0.3, 0.4) is 0 Å². The lowest BCUT2D eigenvalue weighted by Crippen LogP contribution is -2.32. The second-order valence-corrected chi connectivity index (χ2v) is 7.30. The first-order valence-corrected chi connectivity index (χ1v) is 10.1. The molecule has 0 aliphatic carbocycles. The second-order valence-electron chi connectivity index (χ2n) is 7.30. The molecule has 0 N–H and O–H groups in total. The van der Waals surface area contributed by atoms with E-state index in [-0.39, 0.29) is 5.56 Å². The minimum atomic E-state index is -0.0798. The van der Waals surface area contributed by atoms with Crippen molar-refractivity contribution < 1.29 is 4.74 Å². The van der Waals surface area contributed by atoms with Crippen LogP contribution in [0, 0.1) is 0 Å². The summed E-state index contributed by atoms with van der Waals surface area (Å²) in [7, 11) is 1.99. The van der Waals surface area contributed by atoms with Gasteiger partial charge >= 0.3 is 0 Å². The van der Waals surface area contributed by atoms with Crippen LogP contribution in [-0.4, -0.2) is 28.3 Å². The van der Waals surface area contributed by atoms with Gasteiger partial charge in [0.1, 0.15) is 5.75 Å². The van der Waals surface area contributed by atoms with Gasteiger partial charge < -0.3 is 4.74 Å². The molecule has 0 spiro atoms. The quantitative estimate of drug-likeness (QED) is 0.457. The molecule has 0 saturated carbocycles. The smallest absolute Gasteiger partial charge is 0.275 e. The van der Waals surface area contributed by atoms with Gasteiger partial charge in [-0.3, -0.25) is 9.69 Å². The van der Waals surface area contributed by atoms with Crippen molar-refractivity contribution in [1.82, 2.24) is 14.7 Å². The standard InChI is InChI=1S/C25H25N3O2/c1-3-30-21-15-13-19(14-16-21)17-27(2)18-28-25(29)23-12-8-7-11-22(23)24(26-28)20-9-5-4-6-10-20/h4-16H,3,17-18H2,1-2H3. The summed E-state index contributed by atoms with van der Waals surface area (Å²) in [4.78, 5) is 15.2. The van der Waals surface area contributed by atoms with E-state index in [0.717, 1.165) is 28.0 Å². The molecule has 5 nitrogen and oxygen atoms in total. The molecule has 5 heteroatoms. The van der Waals surface area contributed by atoms with E-state index in [1.54, 1.807) is 4.68 Å². The van der Waals surface area contributed by atoms with Crippen LogP contribution in [0.2, 0.25) is 0 Å². The third-order valence-electron chi connectivity index (χ3n) is 4.98. The van der Waals surface area contributed by atoms with Gasteiger partial charge in [-0.15, -0.1) is 0 Å². The number of fused-ring (bicyclic) bond motifs is 1. The minimum Gasteiger partial charge on any atom is -0.494 e. The largest absolute Gasteiger partial charge is 0.494 e. The maximum Gasteiger partial charge on any atom is 0.275 e. The zero-order valence-corrected chi connectivity index (χ0v) is 17.3. The lowest BCUT2D eigenvalue weighted by molar-refractivity contribution is 0.241. The van der Waals surface area contributed by atoms with Gasteiger partial charge in [-0.2, -0.15) is 5.10 Å². The topological polar surface area (TPSA) is 47.4 Å². The number of hydrogen-bond donors (Lipinski definition) is 0. The molecule has 0 aliphatic rings. The zero-order chi connectivity index (χ0) is 20.9. The summed E-state index contributed by atoms with van der Waals surface area (Å²) in [6.07, 6.45) is 0. The summed E-state index contributed by atoms with van der Waals surface area (Å²) < 4.78 is 7.06. The summed E-state index contributed by atoms with van der Waals surface area (Å²) in [5, 5.41) is 6.29. The summed E-state index contributed by atoms with van der Waals surface area (Å²) in [6.45, 7) is 3.73. The van der Waals surface area contributed by atoms with E-state index < -0.39 is 0 Å². The Bertz CT molecular complexity index is 1180. The first kappa shape index (κ1) is 19.9. The molecule has 1 heterocycles. The monoisotopic (exact) mass is 399 g/mol. The van der Waals surface area contributed by atoms with Crippen molar-refractivity contribution in [2.24, 2.45) is 0 Å². The van der Waals surface area contributed by atoms with Crippen molar-refractivity contribution in [3.05, 3.63) is 94.8 Å². The number of hydrogen-bond acceptors (Lipinski definition) is 4. The maximum absolute atomic E-state index is 13.1. The maximum atomic E-state index is 13.1. The van der Waals surface area contributed by atoms with Crippen molar-refractivity contribution in [2.75, 3.05) is 13.7 Å². The van der Waals surface area contributed by atoms with E-state index in [0.29, 0.717) is 25.2 Å². The Kier molecular flexibility index (Phi) is 5.91. The van der Waals surface area contributed by atoms with Crippen LogP contribution in [0.25, 0.3) is 22.0 Å². The molecule has 0 radical (unpaired) electrons. The predicted molar refractivity (Wildman–Crippen MR) is 121 cm³/mol. The summed E-state index contributed by atoms with van der Waals surface area (Å²) in [5.74, 6) is 0.865. The molecule has 0 bridgehead atoms. The Labute approximate surface area is 176 Å². The number of aromatic nitrogens is 2. The highest BCUT2D eigenvalue weighted by molar-refractivity contribution is 5.93. The second kappa shape index (κ2) is 8.93. The fourth-order valence-electron chi connectivity index (χ4n) is 3.59. The molecule has 30 heavy (non-hydrogen) atoms. The Balaban J connectivity index is 1.64. The molecule has 0 atom stereocenters. The van der Waals surface area contributed by atoms with E-state index in [1.807, 2.05) is 92.8 Å². The lowest BCUT2D eigenvalue weighted by atomic mass is 10.1. The molecule has 0 saturated heterocycles. The van der Waals surface area contributed by atoms with Gasteiger partial charge in [-0.25, -0.2) is 4.68 Å². The van der Waals surface area contributed by atoms with Crippen molar-refractivity contribution in [2.45, 2.75) is 20.1 Å². The zero-order valence-electron chi connectivity index (χ0n) is 17.3. The van der Waals surface area contributed by atoms with Gasteiger partial charge in [0, 0.05) is 17.5 Å². The van der Waals surface area contributed by atoms with Crippen LogP contribution in [-0.2, 0) is 13.2 Å². The van der Waals surface area contributed by atoms with E-state index in [1.165, 1.54) is 0 Å². The van der Waals surface area contributed by atoms with Crippen molar-refractivity contribution in [3.63, 3.8) is 0 Å². The molecule has 0 aliphatic heterocycles. The molecule has 3 aromatic carbocycles. The summed E-state index contributed by atoms with van der Waals surface area (Å²) in [5.41, 5.74) is 2.89. The van der Waals surface area contributed by atoms with Gasteiger partial charge in [0.05, 0.1) is 24.4 Å². The van der Waals surface area contributed by atoms with Crippen LogP contribution in [0.15, 0.2) is 83.7 Å². The summed E-state index contributed by atoms with van der Waals surface area (Å²) >= 11 is 0. The van der Waals surface area contributed by atoms with Crippen LogP contribution >= 0.6 is 0 Å². The first-order chi connectivity index (χ1) is 14.7. The van der Waals surface area contributed by atoms with Crippen molar-refractivity contribution in [1.29, 1.82) is 0 Å². The molecule has 4 aromatic rings. The molecule has 1 aromatic heterocycles. The molecule has 0 unspecified atom stereocenters. The van der Waals surface area contributed by atoms with E-state index in [9.17, 15) is 4.79 Å². The molecular formula is C25H25N3O2. The highest BCUT2D eigenvalue weighted by Crippen LogP contribution is 2.24. The Hall–Kier alpha value is -3.44.